The molecule has 8 heteroatoms. The van der Waals surface area contributed by atoms with Gasteiger partial charge in [0, 0.05) is 24.8 Å². The van der Waals surface area contributed by atoms with Crippen LogP contribution >= 0.6 is 0 Å². The number of hydrogen-bond donors (Lipinski definition) is 5. The highest BCUT2D eigenvalue weighted by atomic mass is 19.1. The number of carbonyl (C=O) groups excluding carboxylic acids is 1. The van der Waals surface area contributed by atoms with E-state index < -0.39 is 18.3 Å². The molecule has 1 aromatic carbocycles. The Balaban J connectivity index is 2.09. The number of aliphatic hydroxyl groups is 1. The van der Waals surface area contributed by atoms with E-state index in [1.807, 2.05) is 0 Å². The minimum absolute atomic E-state index is 0.144. The number of aliphatic hydroxyl groups excluding tert-OH is 1. The second-order valence-corrected chi connectivity index (χ2v) is 4.79. The zero-order valence-electron chi connectivity index (χ0n) is 12.1. The van der Waals surface area contributed by atoms with Crippen LogP contribution in [0.5, 0.6) is 5.75 Å². The SMILES string of the molecule is O=C(NO)c1ncc(CNCc2ccc(F)cc2)c(CO)c1O. The van der Waals surface area contributed by atoms with Crippen LogP contribution in [-0.2, 0) is 19.7 Å². The number of nitrogens with zero attached hydrogens (tertiary/aromatic N) is 1. The van der Waals surface area contributed by atoms with Gasteiger partial charge < -0.3 is 15.5 Å². The zero-order chi connectivity index (χ0) is 16.8. The molecule has 23 heavy (non-hydrogen) atoms. The third kappa shape index (κ3) is 4.01. The molecule has 5 N–H and O–H groups in total. The van der Waals surface area contributed by atoms with E-state index in [4.69, 9.17) is 5.21 Å². The third-order valence-corrected chi connectivity index (χ3v) is 3.28. The lowest BCUT2D eigenvalue weighted by Crippen LogP contribution is -2.21. The maximum atomic E-state index is 12.8. The standard InChI is InChI=1S/C15H16FN3O4/c16-11-3-1-9(2-4-11)5-17-6-10-7-18-13(15(22)19-23)14(21)12(10)8-20/h1-4,7,17,20-21,23H,5-6,8H2,(H,19,22). The number of aromatic nitrogens is 1. The Morgan fingerprint density at radius 2 is 1.91 bits per heavy atom. The van der Waals surface area contributed by atoms with Gasteiger partial charge in [0.05, 0.1) is 6.61 Å². The zero-order valence-corrected chi connectivity index (χ0v) is 12.1. The molecule has 1 aromatic heterocycles. The number of hydrogen-bond acceptors (Lipinski definition) is 6. The van der Waals surface area contributed by atoms with Crippen molar-refractivity contribution in [2.75, 3.05) is 0 Å². The summed E-state index contributed by atoms with van der Waals surface area (Å²) in [5.41, 5.74) is 2.51. The fraction of sp³-hybridized carbons (Fsp3) is 0.200. The Morgan fingerprint density at radius 1 is 1.22 bits per heavy atom. The van der Waals surface area contributed by atoms with E-state index in [2.05, 4.69) is 10.3 Å². The molecule has 0 radical (unpaired) electrons. The van der Waals surface area contributed by atoms with Crippen LogP contribution in [0, 0.1) is 5.82 Å². The largest absolute Gasteiger partial charge is 0.505 e. The van der Waals surface area contributed by atoms with Gasteiger partial charge >= 0.3 is 0 Å². The van der Waals surface area contributed by atoms with Gasteiger partial charge in [0.1, 0.15) is 5.82 Å². The molecule has 0 spiro atoms. The summed E-state index contributed by atoms with van der Waals surface area (Å²) in [6.07, 6.45) is 1.33. The average Bonchev–Trinajstić information content (AvgIpc) is 2.56. The fourth-order valence-electron chi connectivity index (χ4n) is 2.07. The Morgan fingerprint density at radius 3 is 2.52 bits per heavy atom. The van der Waals surface area contributed by atoms with Crippen LogP contribution in [0.3, 0.4) is 0 Å². The molecule has 0 aliphatic carbocycles. The summed E-state index contributed by atoms with van der Waals surface area (Å²) in [6, 6.07) is 5.98. The minimum atomic E-state index is -0.969. The number of nitrogens with one attached hydrogen (secondary N) is 2. The number of rotatable bonds is 6. The molecule has 0 atom stereocenters. The highest BCUT2D eigenvalue weighted by Gasteiger charge is 2.18. The molecule has 0 bridgehead atoms. The summed E-state index contributed by atoms with van der Waals surface area (Å²) >= 11 is 0. The fourth-order valence-corrected chi connectivity index (χ4v) is 2.07. The van der Waals surface area contributed by atoms with Gasteiger partial charge in [-0.2, -0.15) is 0 Å². The Kier molecular flexibility index (Phi) is 5.58. The van der Waals surface area contributed by atoms with Gasteiger partial charge in [-0.25, -0.2) is 14.9 Å². The summed E-state index contributed by atoms with van der Waals surface area (Å²) in [4.78, 5) is 15.1. The van der Waals surface area contributed by atoms with Crippen molar-refractivity contribution in [1.82, 2.24) is 15.8 Å². The molecule has 7 nitrogen and oxygen atoms in total. The third-order valence-electron chi connectivity index (χ3n) is 3.28. The first kappa shape index (κ1) is 16.8. The number of amides is 1. The van der Waals surface area contributed by atoms with E-state index in [9.17, 15) is 19.4 Å². The van der Waals surface area contributed by atoms with Crippen molar-refractivity contribution < 1.29 is 24.6 Å². The van der Waals surface area contributed by atoms with Crippen molar-refractivity contribution in [3.8, 4) is 5.75 Å². The first-order valence-electron chi connectivity index (χ1n) is 6.77. The van der Waals surface area contributed by atoms with Gasteiger partial charge in [0.2, 0.25) is 0 Å². The Bertz CT molecular complexity index is 692. The summed E-state index contributed by atoms with van der Waals surface area (Å²) in [6.45, 7) is 0.229. The normalized spacial score (nSPS) is 10.6. The van der Waals surface area contributed by atoms with Crippen LogP contribution in [0.1, 0.15) is 27.2 Å². The summed E-state index contributed by atoms with van der Waals surface area (Å²) in [5, 5.41) is 31.0. The van der Waals surface area contributed by atoms with E-state index in [1.165, 1.54) is 23.8 Å². The second-order valence-electron chi connectivity index (χ2n) is 4.79. The smallest absolute Gasteiger partial charge is 0.297 e. The molecule has 0 unspecified atom stereocenters. The molecule has 0 aliphatic rings. The second kappa shape index (κ2) is 7.63. The van der Waals surface area contributed by atoms with Crippen LogP contribution < -0.4 is 10.8 Å². The van der Waals surface area contributed by atoms with Gasteiger partial charge in [0.25, 0.3) is 5.91 Å². The number of halogens is 1. The topological polar surface area (TPSA) is 115 Å². The lowest BCUT2D eigenvalue weighted by molar-refractivity contribution is 0.0697. The van der Waals surface area contributed by atoms with E-state index >= 15 is 0 Å². The number of benzene rings is 1. The van der Waals surface area contributed by atoms with Gasteiger partial charge in [0.15, 0.2) is 11.4 Å². The van der Waals surface area contributed by atoms with E-state index in [0.29, 0.717) is 12.1 Å². The predicted octanol–water partition coefficient (Wildman–Crippen LogP) is 0.827. The Hall–Kier alpha value is -2.55. The lowest BCUT2D eigenvalue weighted by Gasteiger charge is -2.12. The number of aromatic hydroxyl groups is 1. The van der Waals surface area contributed by atoms with Crippen molar-refractivity contribution in [1.29, 1.82) is 0 Å². The number of carbonyl (C=O) groups is 1. The lowest BCUT2D eigenvalue weighted by atomic mass is 10.1. The van der Waals surface area contributed by atoms with Gasteiger partial charge in [-0.15, -0.1) is 0 Å². The predicted molar refractivity (Wildman–Crippen MR) is 78.0 cm³/mol. The number of pyridine rings is 1. The quantitative estimate of drug-likeness (QED) is 0.398. The average molecular weight is 321 g/mol. The van der Waals surface area contributed by atoms with Crippen LogP contribution in [0.15, 0.2) is 30.5 Å². The van der Waals surface area contributed by atoms with Crippen LogP contribution in [0.4, 0.5) is 4.39 Å². The highest BCUT2D eigenvalue weighted by Crippen LogP contribution is 2.24. The van der Waals surface area contributed by atoms with Gasteiger partial charge in [-0.3, -0.25) is 10.0 Å². The Labute approximate surface area is 131 Å². The monoisotopic (exact) mass is 321 g/mol. The first-order valence-corrected chi connectivity index (χ1v) is 6.77. The van der Waals surface area contributed by atoms with Crippen LogP contribution in [0.2, 0.25) is 0 Å². The van der Waals surface area contributed by atoms with Crippen LogP contribution in [0.25, 0.3) is 0 Å². The molecule has 0 fully saturated rings. The van der Waals surface area contributed by atoms with E-state index in [-0.39, 0.29) is 23.6 Å². The summed E-state index contributed by atoms with van der Waals surface area (Å²) in [7, 11) is 0. The van der Waals surface area contributed by atoms with E-state index in [1.54, 1.807) is 12.1 Å². The van der Waals surface area contributed by atoms with Crippen molar-refractivity contribution in [2.24, 2.45) is 0 Å². The molecule has 2 rings (SSSR count). The summed E-state index contributed by atoms with van der Waals surface area (Å²) in [5.74, 6) is -1.77. The van der Waals surface area contributed by atoms with Gasteiger partial charge in [-0.1, -0.05) is 12.1 Å². The van der Waals surface area contributed by atoms with Crippen molar-refractivity contribution >= 4 is 5.91 Å². The molecule has 0 saturated carbocycles. The molecular formula is C15H16FN3O4. The molecule has 1 heterocycles. The molecule has 2 aromatic rings. The van der Waals surface area contributed by atoms with Crippen molar-refractivity contribution in [3.05, 3.63) is 58.7 Å². The minimum Gasteiger partial charge on any atom is -0.505 e. The maximum absolute atomic E-state index is 12.8. The van der Waals surface area contributed by atoms with Crippen molar-refractivity contribution in [2.45, 2.75) is 19.7 Å². The maximum Gasteiger partial charge on any atom is 0.297 e. The molecular weight excluding hydrogens is 305 g/mol. The van der Waals surface area contributed by atoms with E-state index in [0.717, 1.165) is 5.56 Å². The number of hydroxylamine groups is 1. The van der Waals surface area contributed by atoms with Crippen molar-refractivity contribution in [3.63, 3.8) is 0 Å². The van der Waals surface area contributed by atoms with Crippen LogP contribution in [-0.4, -0.2) is 26.3 Å². The highest BCUT2D eigenvalue weighted by molar-refractivity contribution is 5.94. The van der Waals surface area contributed by atoms with Gasteiger partial charge in [-0.05, 0) is 23.3 Å². The molecule has 0 saturated heterocycles. The summed E-state index contributed by atoms with van der Waals surface area (Å²) < 4.78 is 12.8. The first-order chi connectivity index (χ1) is 11.1. The molecule has 1 amide bonds. The molecule has 0 aliphatic heterocycles. The molecule has 122 valence electrons.